The zero-order chi connectivity index (χ0) is 16.6. The second kappa shape index (κ2) is 5.61. The van der Waals surface area contributed by atoms with Crippen LogP contribution in [0.2, 0.25) is 0 Å². The number of nitrogens with two attached hydrogens (primary N) is 1. The third kappa shape index (κ3) is 2.81. The average molecular weight is 310 g/mol. The van der Waals surface area contributed by atoms with E-state index in [9.17, 15) is 9.18 Å². The van der Waals surface area contributed by atoms with Gasteiger partial charge in [0.15, 0.2) is 0 Å². The number of rotatable bonds is 4. The summed E-state index contributed by atoms with van der Waals surface area (Å²) in [5, 5.41) is 3.63. The number of hydrogen-bond acceptors (Lipinski definition) is 3. The van der Waals surface area contributed by atoms with Crippen molar-refractivity contribution in [3.63, 3.8) is 0 Å². The summed E-state index contributed by atoms with van der Waals surface area (Å²) >= 11 is 0. The van der Waals surface area contributed by atoms with Crippen molar-refractivity contribution in [2.45, 2.75) is 6.92 Å². The van der Waals surface area contributed by atoms with Crippen molar-refractivity contribution >= 4 is 28.3 Å². The van der Waals surface area contributed by atoms with Crippen LogP contribution in [0.4, 0.5) is 10.1 Å². The van der Waals surface area contributed by atoms with Crippen molar-refractivity contribution in [1.29, 1.82) is 0 Å². The van der Waals surface area contributed by atoms with E-state index in [1.165, 1.54) is 18.2 Å². The molecule has 1 aromatic heterocycles. The van der Waals surface area contributed by atoms with Gasteiger partial charge in [0.2, 0.25) is 5.76 Å². The summed E-state index contributed by atoms with van der Waals surface area (Å²) < 4.78 is 18.7. The predicted octanol–water partition coefficient (Wildman–Crippen LogP) is 4.06. The minimum absolute atomic E-state index is 0.0561. The normalized spacial score (nSPS) is 10.7. The molecule has 0 aliphatic rings. The lowest BCUT2D eigenvalue weighted by Crippen LogP contribution is -2.12. The summed E-state index contributed by atoms with van der Waals surface area (Å²) in [5.74, 6) is -1.24. The maximum absolute atomic E-state index is 13.3. The van der Waals surface area contributed by atoms with Crippen LogP contribution in [-0.4, -0.2) is 5.91 Å². The number of carbonyl (C=O) groups is 1. The number of furan rings is 1. The van der Waals surface area contributed by atoms with Gasteiger partial charge in [0.25, 0.3) is 5.91 Å². The Morgan fingerprint density at radius 2 is 2.04 bits per heavy atom. The van der Waals surface area contributed by atoms with Gasteiger partial charge in [0.05, 0.1) is 5.69 Å². The van der Waals surface area contributed by atoms with Crippen molar-refractivity contribution in [2.24, 2.45) is 5.73 Å². The summed E-state index contributed by atoms with van der Waals surface area (Å²) in [6.07, 6.45) is 0. The van der Waals surface area contributed by atoms with Gasteiger partial charge >= 0.3 is 0 Å². The standard InChI is InChI=1S/C18H15FN2O2/c1-10-4-3-5-12(8-10)11(2)21-16-14-7-6-13(19)9-15(14)23-17(16)18(20)22/h3-9,21H,2H2,1H3,(H2,20,22). The van der Waals surface area contributed by atoms with Crippen LogP contribution in [-0.2, 0) is 0 Å². The molecule has 3 N–H and O–H groups in total. The Morgan fingerprint density at radius 3 is 2.74 bits per heavy atom. The molecule has 0 spiro atoms. The Kier molecular flexibility index (Phi) is 3.62. The summed E-state index contributed by atoms with van der Waals surface area (Å²) in [6, 6.07) is 11.8. The maximum atomic E-state index is 13.3. The Labute approximate surface area is 132 Å². The van der Waals surface area contributed by atoms with Gasteiger partial charge in [-0.1, -0.05) is 30.3 Å². The molecule has 3 aromatic rings. The Hall–Kier alpha value is -3.08. The van der Waals surface area contributed by atoms with E-state index in [2.05, 4.69) is 11.9 Å². The van der Waals surface area contributed by atoms with E-state index in [1.54, 1.807) is 0 Å². The van der Waals surface area contributed by atoms with Gasteiger partial charge in [-0.15, -0.1) is 0 Å². The fourth-order valence-corrected chi connectivity index (χ4v) is 2.42. The molecule has 0 bridgehead atoms. The van der Waals surface area contributed by atoms with Crippen LogP contribution in [0, 0.1) is 12.7 Å². The second-order valence-electron chi connectivity index (χ2n) is 5.28. The molecule has 0 aliphatic carbocycles. The fourth-order valence-electron chi connectivity index (χ4n) is 2.42. The van der Waals surface area contributed by atoms with Gasteiger partial charge in [-0.3, -0.25) is 4.79 Å². The van der Waals surface area contributed by atoms with Crippen molar-refractivity contribution in [3.05, 3.63) is 71.7 Å². The average Bonchev–Trinajstić information content (AvgIpc) is 2.85. The highest BCUT2D eigenvalue weighted by atomic mass is 19.1. The fraction of sp³-hybridized carbons (Fsp3) is 0.0556. The highest BCUT2D eigenvalue weighted by Crippen LogP contribution is 2.33. The lowest BCUT2D eigenvalue weighted by atomic mass is 10.1. The number of anilines is 1. The molecule has 5 heteroatoms. The number of fused-ring (bicyclic) bond motifs is 1. The van der Waals surface area contributed by atoms with Crippen molar-refractivity contribution in [3.8, 4) is 0 Å². The topological polar surface area (TPSA) is 68.3 Å². The molecule has 0 aliphatic heterocycles. The highest BCUT2D eigenvalue weighted by molar-refractivity contribution is 6.07. The van der Waals surface area contributed by atoms with Gasteiger partial charge in [-0.2, -0.15) is 0 Å². The summed E-state index contributed by atoms with van der Waals surface area (Å²) in [6.45, 7) is 5.96. The van der Waals surface area contributed by atoms with E-state index >= 15 is 0 Å². The quantitative estimate of drug-likeness (QED) is 0.763. The van der Waals surface area contributed by atoms with Crippen LogP contribution >= 0.6 is 0 Å². The zero-order valence-electron chi connectivity index (χ0n) is 12.5. The van der Waals surface area contributed by atoms with E-state index in [1.807, 2.05) is 31.2 Å². The van der Waals surface area contributed by atoms with Crippen molar-refractivity contribution < 1.29 is 13.6 Å². The number of benzene rings is 2. The first kappa shape index (κ1) is 14.8. The van der Waals surface area contributed by atoms with Gasteiger partial charge in [-0.25, -0.2) is 4.39 Å². The molecule has 0 radical (unpaired) electrons. The largest absolute Gasteiger partial charge is 0.449 e. The molecule has 0 saturated heterocycles. The van der Waals surface area contributed by atoms with Crippen LogP contribution in [0.1, 0.15) is 21.7 Å². The SMILES string of the molecule is C=C(Nc1c(C(N)=O)oc2cc(F)ccc12)c1cccc(C)c1. The van der Waals surface area contributed by atoms with Gasteiger partial charge in [0, 0.05) is 17.1 Å². The number of amides is 1. The molecule has 3 rings (SSSR count). The monoisotopic (exact) mass is 310 g/mol. The summed E-state index contributed by atoms with van der Waals surface area (Å²) in [7, 11) is 0. The Balaban J connectivity index is 2.06. The number of hydrogen-bond donors (Lipinski definition) is 2. The van der Waals surface area contributed by atoms with Crippen molar-refractivity contribution in [2.75, 3.05) is 5.32 Å². The molecular formula is C18H15FN2O2. The molecular weight excluding hydrogens is 295 g/mol. The maximum Gasteiger partial charge on any atom is 0.286 e. The molecule has 0 saturated carbocycles. The van der Waals surface area contributed by atoms with Crippen molar-refractivity contribution in [1.82, 2.24) is 0 Å². The van der Waals surface area contributed by atoms with E-state index in [-0.39, 0.29) is 11.3 Å². The molecule has 2 aromatic carbocycles. The first-order valence-corrected chi connectivity index (χ1v) is 7.00. The minimum atomic E-state index is -0.735. The van der Waals surface area contributed by atoms with E-state index in [0.717, 1.165) is 11.1 Å². The number of aryl methyl sites for hydroxylation is 1. The first-order chi connectivity index (χ1) is 11.0. The molecule has 4 nitrogen and oxygen atoms in total. The Bertz CT molecular complexity index is 928. The third-order valence-corrected chi connectivity index (χ3v) is 3.52. The number of carbonyl (C=O) groups excluding carboxylic acids is 1. The molecule has 23 heavy (non-hydrogen) atoms. The van der Waals surface area contributed by atoms with Crippen LogP contribution in [0.3, 0.4) is 0 Å². The zero-order valence-corrected chi connectivity index (χ0v) is 12.5. The minimum Gasteiger partial charge on any atom is -0.449 e. The number of primary amides is 1. The molecule has 0 fully saturated rings. The first-order valence-electron chi connectivity index (χ1n) is 7.00. The molecule has 1 heterocycles. The van der Waals surface area contributed by atoms with Crippen LogP contribution in [0.15, 0.2) is 53.5 Å². The second-order valence-corrected chi connectivity index (χ2v) is 5.28. The smallest absolute Gasteiger partial charge is 0.286 e. The highest BCUT2D eigenvalue weighted by Gasteiger charge is 2.19. The predicted molar refractivity (Wildman–Crippen MR) is 88.5 cm³/mol. The van der Waals surface area contributed by atoms with Gasteiger partial charge in [0.1, 0.15) is 11.4 Å². The summed E-state index contributed by atoms with van der Waals surface area (Å²) in [4.78, 5) is 11.6. The molecule has 1 amide bonds. The molecule has 0 atom stereocenters. The van der Waals surface area contributed by atoms with Crippen LogP contribution in [0.5, 0.6) is 0 Å². The summed E-state index contributed by atoms with van der Waals surface area (Å²) in [5.41, 5.74) is 8.54. The van der Waals surface area contributed by atoms with Gasteiger partial charge in [-0.05, 0) is 30.7 Å². The third-order valence-electron chi connectivity index (χ3n) is 3.52. The Morgan fingerprint density at radius 1 is 1.26 bits per heavy atom. The van der Waals surface area contributed by atoms with E-state index < -0.39 is 11.7 Å². The van der Waals surface area contributed by atoms with Gasteiger partial charge < -0.3 is 15.5 Å². The van der Waals surface area contributed by atoms with Crippen LogP contribution in [0.25, 0.3) is 16.7 Å². The lowest BCUT2D eigenvalue weighted by molar-refractivity contribution is 0.0977. The number of halogens is 1. The van der Waals surface area contributed by atoms with Crippen LogP contribution < -0.4 is 11.1 Å². The molecule has 116 valence electrons. The lowest BCUT2D eigenvalue weighted by Gasteiger charge is -2.10. The van der Waals surface area contributed by atoms with E-state index in [4.69, 9.17) is 10.2 Å². The molecule has 0 unspecified atom stereocenters. The van der Waals surface area contributed by atoms with E-state index in [0.29, 0.717) is 16.8 Å². The number of nitrogens with one attached hydrogen (secondary N) is 1.